The van der Waals surface area contributed by atoms with E-state index < -0.39 is 0 Å². The summed E-state index contributed by atoms with van der Waals surface area (Å²) >= 11 is 0. The number of allylic oxidation sites excluding steroid dienone is 3. The molecule has 0 aliphatic heterocycles. The van der Waals surface area contributed by atoms with Crippen LogP contribution in [0.3, 0.4) is 0 Å². The first-order valence-electron chi connectivity index (χ1n) is 12.7. The van der Waals surface area contributed by atoms with E-state index in [1.165, 1.54) is 31.3 Å². The number of aliphatic hydroxyl groups excluding tert-OH is 1. The van der Waals surface area contributed by atoms with Gasteiger partial charge in [0.15, 0.2) is 5.78 Å². The molecule has 30 heavy (non-hydrogen) atoms. The maximum Gasteiger partial charge on any atom is 0.159 e. The minimum atomic E-state index is -0.251. The van der Waals surface area contributed by atoms with Gasteiger partial charge >= 0.3 is 0 Å². The van der Waals surface area contributed by atoms with Crippen molar-refractivity contribution in [2.45, 2.75) is 92.6 Å². The molecule has 0 radical (unpaired) electrons. The molecule has 2 nitrogen and oxygen atoms in total. The molecule has 2 heteroatoms. The van der Waals surface area contributed by atoms with Gasteiger partial charge in [-0.25, -0.2) is 0 Å². The summed E-state index contributed by atoms with van der Waals surface area (Å²) in [7, 11) is 0. The first-order valence-corrected chi connectivity index (χ1v) is 12.7. The standard InChI is InChI=1S/C28H44O2/c1-17(2)18(3)7-8-19(4)22-9-10-23-26-24(12-14-28(22,23)6)27(5)13-11-21(29)15-20(27)16-25(26)30/h7-8,16-19,21-24,26,29H,9-15H2,1-6H3. The summed E-state index contributed by atoms with van der Waals surface area (Å²) in [4.78, 5) is 13.4. The molecule has 0 spiro atoms. The molecule has 168 valence electrons. The van der Waals surface area contributed by atoms with Crippen molar-refractivity contribution in [3.05, 3.63) is 23.8 Å². The topological polar surface area (TPSA) is 37.3 Å². The predicted octanol–water partition coefficient (Wildman–Crippen LogP) is 6.59. The van der Waals surface area contributed by atoms with E-state index in [2.05, 4.69) is 53.7 Å². The first-order chi connectivity index (χ1) is 14.1. The van der Waals surface area contributed by atoms with Crippen molar-refractivity contribution in [1.29, 1.82) is 0 Å². The molecule has 3 fully saturated rings. The number of hydrogen-bond donors (Lipinski definition) is 1. The molecule has 0 bridgehead atoms. The zero-order valence-electron chi connectivity index (χ0n) is 20.2. The Morgan fingerprint density at radius 3 is 2.43 bits per heavy atom. The highest BCUT2D eigenvalue weighted by Crippen LogP contribution is 2.66. The van der Waals surface area contributed by atoms with E-state index in [1.807, 2.05) is 6.08 Å². The van der Waals surface area contributed by atoms with Crippen LogP contribution in [0.25, 0.3) is 0 Å². The van der Waals surface area contributed by atoms with Crippen LogP contribution in [0.4, 0.5) is 0 Å². The molecule has 3 saturated carbocycles. The molecule has 4 rings (SSSR count). The molecule has 9 unspecified atom stereocenters. The van der Waals surface area contributed by atoms with E-state index >= 15 is 0 Å². The van der Waals surface area contributed by atoms with Gasteiger partial charge in [-0.05, 0) is 97.4 Å². The Bertz CT molecular complexity index is 733. The Morgan fingerprint density at radius 2 is 1.73 bits per heavy atom. The Hall–Kier alpha value is -0.890. The zero-order chi connectivity index (χ0) is 21.8. The lowest BCUT2D eigenvalue weighted by atomic mass is 9.46. The zero-order valence-corrected chi connectivity index (χ0v) is 20.2. The summed E-state index contributed by atoms with van der Waals surface area (Å²) in [6.45, 7) is 14.3. The molecule has 9 atom stereocenters. The van der Waals surface area contributed by atoms with Crippen molar-refractivity contribution < 1.29 is 9.90 Å². The molecule has 0 aromatic rings. The number of rotatable bonds is 4. The molecular weight excluding hydrogens is 368 g/mol. The highest BCUT2D eigenvalue weighted by atomic mass is 16.3. The molecule has 4 aliphatic rings. The van der Waals surface area contributed by atoms with Gasteiger partial charge in [0, 0.05) is 5.92 Å². The molecule has 4 aliphatic carbocycles. The van der Waals surface area contributed by atoms with Gasteiger partial charge in [-0.1, -0.05) is 59.3 Å². The van der Waals surface area contributed by atoms with E-state index in [0.717, 1.165) is 12.8 Å². The van der Waals surface area contributed by atoms with Gasteiger partial charge in [-0.2, -0.15) is 0 Å². The van der Waals surface area contributed by atoms with Crippen molar-refractivity contribution in [2.75, 3.05) is 0 Å². The quantitative estimate of drug-likeness (QED) is 0.529. The lowest BCUT2D eigenvalue weighted by Crippen LogP contribution is -2.53. The van der Waals surface area contributed by atoms with Gasteiger partial charge in [0.1, 0.15) is 0 Å². The Balaban J connectivity index is 1.58. The van der Waals surface area contributed by atoms with Gasteiger partial charge in [0.2, 0.25) is 0 Å². The maximum atomic E-state index is 13.4. The Kier molecular flexibility index (Phi) is 5.88. The minimum Gasteiger partial charge on any atom is -0.393 e. The molecule has 0 aromatic carbocycles. The van der Waals surface area contributed by atoms with Gasteiger partial charge < -0.3 is 5.11 Å². The van der Waals surface area contributed by atoms with E-state index in [-0.39, 0.29) is 22.9 Å². The van der Waals surface area contributed by atoms with Crippen LogP contribution >= 0.6 is 0 Å². The summed E-state index contributed by atoms with van der Waals surface area (Å²) in [5.41, 5.74) is 1.68. The number of carbonyl (C=O) groups excluding carboxylic acids is 1. The highest BCUT2D eigenvalue weighted by Gasteiger charge is 2.61. The predicted molar refractivity (Wildman–Crippen MR) is 124 cm³/mol. The van der Waals surface area contributed by atoms with Crippen LogP contribution in [0, 0.1) is 52.3 Å². The van der Waals surface area contributed by atoms with E-state index in [4.69, 9.17) is 0 Å². The molecule has 0 aromatic heterocycles. The monoisotopic (exact) mass is 412 g/mol. The van der Waals surface area contributed by atoms with Crippen molar-refractivity contribution in [2.24, 2.45) is 52.3 Å². The summed E-state index contributed by atoms with van der Waals surface area (Å²) in [6.07, 6.45) is 14.2. The van der Waals surface area contributed by atoms with E-state index in [0.29, 0.717) is 47.7 Å². The molecule has 0 heterocycles. The average molecular weight is 413 g/mol. The summed E-state index contributed by atoms with van der Waals surface area (Å²) in [6, 6.07) is 0. The second-order valence-electron chi connectivity index (χ2n) is 12.2. The van der Waals surface area contributed by atoms with Crippen LogP contribution in [-0.4, -0.2) is 17.0 Å². The fourth-order valence-electron chi connectivity index (χ4n) is 7.99. The fourth-order valence-corrected chi connectivity index (χ4v) is 7.99. The second kappa shape index (κ2) is 7.91. The summed E-state index contributed by atoms with van der Waals surface area (Å²) in [5.74, 6) is 4.21. The number of carbonyl (C=O) groups is 1. The fraction of sp³-hybridized carbons (Fsp3) is 0.821. The van der Waals surface area contributed by atoms with Crippen molar-refractivity contribution in [3.63, 3.8) is 0 Å². The molecule has 1 N–H and O–H groups in total. The lowest BCUT2D eigenvalue weighted by molar-refractivity contribution is -0.134. The largest absolute Gasteiger partial charge is 0.393 e. The SMILES string of the molecule is CC(C)C(C)C=CC(C)C1CCC2C3C(=O)C=C4CC(O)CCC4(C)C3CCC12C. The van der Waals surface area contributed by atoms with Crippen LogP contribution in [-0.2, 0) is 4.79 Å². The smallest absolute Gasteiger partial charge is 0.159 e. The molecular formula is C28H44O2. The first kappa shape index (κ1) is 22.3. The number of ketones is 1. The van der Waals surface area contributed by atoms with Crippen molar-refractivity contribution in [1.82, 2.24) is 0 Å². The van der Waals surface area contributed by atoms with Crippen LogP contribution < -0.4 is 0 Å². The normalized spacial score (nSPS) is 45.7. The van der Waals surface area contributed by atoms with Gasteiger partial charge in [0.25, 0.3) is 0 Å². The van der Waals surface area contributed by atoms with Crippen molar-refractivity contribution >= 4 is 5.78 Å². The Labute approximate surface area is 184 Å². The molecule has 0 saturated heterocycles. The van der Waals surface area contributed by atoms with Crippen molar-refractivity contribution in [3.8, 4) is 0 Å². The second-order valence-corrected chi connectivity index (χ2v) is 12.2. The van der Waals surface area contributed by atoms with Crippen LogP contribution in [0.5, 0.6) is 0 Å². The van der Waals surface area contributed by atoms with Crippen LogP contribution in [0.1, 0.15) is 86.5 Å². The average Bonchev–Trinajstić information content (AvgIpc) is 3.04. The number of hydrogen-bond acceptors (Lipinski definition) is 2. The number of fused-ring (bicyclic) bond motifs is 5. The van der Waals surface area contributed by atoms with Gasteiger partial charge in [-0.15, -0.1) is 0 Å². The third-order valence-corrected chi connectivity index (χ3v) is 10.4. The van der Waals surface area contributed by atoms with E-state index in [1.54, 1.807) is 0 Å². The highest BCUT2D eigenvalue weighted by molar-refractivity contribution is 5.94. The van der Waals surface area contributed by atoms with Gasteiger partial charge in [0.05, 0.1) is 6.10 Å². The number of aliphatic hydroxyl groups is 1. The van der Waals surface area contributed by atoms with Gasteiger partial charge in [-0.3, -0.25) is 4.79 Å². The Morgan fingerprint density at radius 1 is 1.00 bits per heavy atom. The minimum absolute atomic E-state index is 0.134. The third kappa shape index (κ3) is 3.46. The van der Waals surface area contributed by atoms with Crippen LogP contribution in [0.2, 0.25) is 0 Å². The third-order valence-electron chi connectivity index (χ3n) is 10.4. The summed E-state index contributed by atoms with van der Waals surface area (Å²) in [5, 5.41) is 10.2. The van der Waals surface area contributed by atoms with E-state index in [9.17, 15) is 9.90 Å². The lowest BCUT2D eigenvalue weighted by Gasteiger charge is -2.57. The summed E-state index contributed by atoms with van der Waals surface area (Å²) < 4.78 is 0. The maximum absolute atomic E-state index is 13.4. The van der Waals surface area contributed by atoms with Crippen LogP contribution in [0.15, 0.2) is 23.8 Å². The molecule has 0 amide bonds.